The molecular formula is C23H20N4O5. The van der Waals surface area contributed by atoms with Gasteiger partial charge in [-0.15, -0.1) is 0 Å². The van der Waals surface area contributed by atoms with Gasteiger partial charge in [-0.05, 0) is 34.8 Å². The minimum atomic E-state index is -0.516. The van der Waals surface area contributed by atoms with Crippen LogP contribution < -0.4 is 4.74 Å². The molecule has 2 aromatic carbocycles. The molecule has 0 fully saturated rings. The van der Waals surface area contributed by atoms with Crippen molar-refractivity contribution in [2.75, 3.05) is 13.7 Å². The summed E-state index contributed by atoms with van der Waals surface area (Å²) < 4.78 is 12.0. The van der Waals surface area contributed by atoms with Gasteiger partial charge in [0.25, 0.3) is 0 Å². The molecule has 162 valence electrons. The monoisotopic (exact) mass is 432 g/mol. The van der Waals surface area contributed by atoms with Crippen LogP contribution in [0.4, 0.5) is 5.82 Å². The van der Waals surface area contributed by atoms with E-state index in [0.29, 0.717) is 17.1 Å². The lowest BCUT2D eigenvalue weighted by Gasteiger charge is -2.05. The van der Waals surface area contributed by atoms with E-state index in [1.54, 1.807) is 25.5 Å². The van der Waals surface area contributed by atoms with Crippen molar-refractivity contribution in [1.29, 1.82) is 0 Å². The number of para-hydroxylation sites is 1. The number of hydrogen-bond donors (Lipinski definition) is 1. The largest absolute Gasteiger partial charge is 0.497 e. The van der Waals surface area contributed by atoms with E-state index in [0.717, 1.165) is 16.5 Å². The Bertz CT molecular complexity index is 1300. The van der Waals surface area contributed by atoms with Gasteiger partial charge in [-0.25, -0.2) is 14.3 Å². The first kappa shape index (κ1) is 20.9. The number of nitrogens with one attached hydrogen (secondary N) is 1. The van der Waals surface area contributed by atoms with Gasteiger partial charge in [0.05, 0.1) is 12.7 Å². The van der Waals surface area contributed by atoms with E-state index in [-0.39, 0.29) is 19.0 Å². The van der Waals surface area contributed by atoms with Crippen LogP contribution in [0.15, 0.2) is 60.9 Å². The Hall–Kier alpha value is -4.40. The summed E-state index contributed by atoms with van der Waals surface area (Å²) in [4.78, 5) is 30.6. The Kier molecular flexibility index (Phi) is 5.98. The van der Waals surface area contributed by atoms with Crippen LogP contribution >= 0.6 is 0 Å². The fraction of sp³-hybridized carbons (Fsp3) is 0.130. The number of aromatic nitrogens is 3. The van der Waals surface area contributed by atoms with Crippen LogP contribution in [0.3, 0.4) is 0 Å². The lowest BCUT2D eigenvalue weighted by atomic mass is 10.2. The number of rotatable bonds is 8. The third-order valence-electron chi connectivity index (χ3n) is 4.93. The SMILES string of the molecule is COc1cccc(/C=C\c2ncc([N+](=O)[O-])n2CCOC(=O)c2c[nH]c3ccccc23)c1. The number of benzene rings is 2. The molecule has 1 N–H and O–H groups in total. The van der Waals surface area contributed by atoms with Gasteiger partial charge < -0.3 is 24.6 Å². The normalized spacial score (nSPS) is 11.2. The first-order valence-electron chi connectivity index (χ1n) is 9.82. The molecule has 9 nitrogen and oxygen atoms in total. The Morgan fingerprint density at radius 1 is 1.22 bits per heavy atom. The number of nitro groups is 1. The zero-order valence-electron chi connectivity index (χ0n) is 17.2. The van der Waals surface area contributed by atoms with Crippen molar-refractivity contribution in [3.8, 4) is 5.75 Å². The van der Waals surface area contributed by atoms with Crippen molar-refractivity contribution >= 4 is 34.8 Å². The molecule has 0 bridgehead atoms. The van der Waals surface area contributed by atoms with Crippen molar-refractivity contribution in [2.45, 2.75) is 6.54 Å². The summed E-state index contributed by atoms with van der Waals surface area (Å²) in [5, 5.41) is 12.2. The summed E-state index contributed by atoms with van der Waals surface area (Å²) in [6, 6.07) is 14.8. The fourth-order valence-corrected chi connectivity index (χ4v) is 3.35. The van der Waals surface area contributed by atoms with Crippen LogP contribution in [0.2, 0.25) is 0 Å². The van der Waals surface area contributed by atoms with Gasteiger partial charge in [-0.3, -0.25) is 0 Å². The first-order valence-corrected chi connectivity index (χ1v) is 9.82. The standard InChI is InChI=1S/C23H20N4O5/c1-31-17-6-4-5-16(13-17)9-10-21-25-15-22(27(29)30)26(21)11-12-32-23(28)19-14-24-20-8-3-2-7-18(19)20/h2-10,13-15,24H,11-12H2,1H3/b10-9-. The molecule has 4 aromatic rings. The van der Waals surface area contributed by atoms with Gasteiger partial charge in [-0.1, -0.05) is 30.3 Å². The number of imidazole rings is 1. The number of carbonyl (C=O) groups excluding carboxylic acids is 1. The third-order valence-corrected chi connectivity index (χ3v) is 4.93. The molecular weight excluding hydrogens is 412 g/mol. The van der Waals surface area contributed by atoms with Gasteiger partial charge in [0, 0.05) is 23.2 Å². The van der Waals surface area contributed by atoms with Crippen LogP contribution in [-0.2, 0) is 11.3 Å². The molecule has 2 aromatic heterocycles. The molecule has 9 heteroatoms. The molecule has 0 atom stereocenters. The molecule has 0 radical (unpaired) electrons. The van der Waals surface area contributed by atoms with E-state index >= 15 is 0 Å². The zero-order valence-corrected chi connectivity index (χ0v) is 17.2. The van der Waals surface area contributed by atoms with Crippen LogP contribution in [-0.4, -0.2) is 39.1 Å². The number of fused-ring (bicyclic) bond motifs is 1. The van der Waals surface area contributed by atoms with Crippen LogP contribution in [0.5, 0.6) is 5.75 Å². The molecule has 0 aliphatic rings. The lowest BCUT2D eigenvalue weighted by Crippen LogP contribution is -2.13. The molecule has 0 saturated carbocycles. The minimum Gasteiger partial charge on any atom is -0.497 e. The average Bonchev–Trinajstić information content (AvgIpc) is 3.42. The van der Waals surface area contributed by atoms with Crippen molar-refractivity contribution in [3.63, 3.8) is 0 Å². The maximum Gasteiger partial charge on any atom is 0.343 e. The van der Waals surface area contributed by atoms with E-state index in [4.69, 9.17) is 9.47 Å². The molecule has 0 aliphatic carbocycles. The van der Waals surface area contributed by atoms with Crippen molar-refractivity contribution in [2.24, 2.45) is 0 Å². The van der Waals surface area contributed by atoms with E-state index in [1.165, 1.54) is 10.8 Å². The Labute approximate surface area is 183 Å². The molecule has 0 unspecified atom stereocenters. The van der Waals surface area contributed by atoms with Crippen molar-refractivity contribution in [1.82, 2.24) is 14.5 Å². The predicted octanol–water partition coefficient (Wildman–Crippen LogP) is 4.31. The van der Waals surface area contributed by atoms with Crippen molar-refractivity contribution < 1.29 is 19.2 Å². The van der Waals surface area contributed by atoms with Crippen LogP contribution in [0, 0.1) is 10.1 Å². The highest BCUT2D eigenvalue weighted by atomic mass is 16.6. The van der Waals surface area contributed by atoms with Crippen LogP contribution in [0.1, 0.15) is 21.7 Å². The number of methoxy groups -OCH3 is 1. The highest BCUT2D eigenvalue weighted by Crippen LogP contribution is 2.20. The van der Waals surface area contributed by atoms with Gasteiger partial charge in [0.15, 0.2) is 0 Å². The number of aromatic amines is 1. The number of carbonyl (C=O) groups is 1. The molecule has 0 aliphatic heterocycles. The molecule has 0 spiro atoms. The smallest absolute Gasteiger partial charge is 0.343 e. The van der Waals surface area contributed by atoms with Crippen LogP contribution in [0.25, 0.3) is 23.1 Å². The maximum atomic E-state index is 12.5. The molecule has 4 rings (SSSR count). The topological polar surface area (TPSA) is 112 Å². The molecule has 0 amide bonds. The quantitative estimate of drug-likeness (QED) is 0.252. The number of ether oxygens (including phenoxy) is 2. The summed E-state index contributed by atoms with van der Waals surface area (Å²) in [6.45, 7) is 0.0394. The Morgan fingerprint density at radius 2 is 2.06 bits per heavy atom. The fourth-order valence-electron chi connectivity index (χ4n) is 3.35. The average molecular weight is 432 g/mol. The Balaban J connectivity index is 1.49. The van der Waals surface area contributed by atoms with Gasteiger partial charge >= 0.3 is 11.8 Å². The number of esters is 1. The summed E-state index contributed by atoms with van der Waals surface area (Å²) >= 11 is 0. The van der Waals surface area contributed by atoms with E-state index in [2.05, 4.69) is 9.97 Å². The summed E-state index contributed by atoms with van der Waals surface area (Å²) in [7, 11) is 1.58. The third kappa shape index (κ3) is 4.36. The van der Waals surface area contributed by atoms with E-state index in [9.17, 15) is 14.9 Å². The van der Waals surface area contributed by atoms with Crippen molar-refractivity contribution in [3.05, 3.63) is 88.0 Å². The first-order chi connectivity index (χ1) is 15.6. The molecule has 32 heavy (non-hydrogen) atoms. The number of H-pyrrole nitrogens is 1. The second-order valence-corrected chi connectivity index (χ2v) is 6.88. The van der Waals surface area contributed by atoms with Gasteiger partial charge in [-0.2, -0.15) is 0 Å². The summed E-state index contributed by atoms with van der Waals surface area (Å²) in [6.07, 6.45) is 6.23. The second-order valence-electron chi connectivity index (χ2n) is 6.88. The highest BCUT2D eigenvalue weighted by molar-refractivity contribution is 6.03. The lowest BCUT2D eigenvalue weighted by molar-refractivity contribution is -0.392. The predicted molar refractivity (Wildman–Crippen MR) is 119 cm³/mol. The number of nitrogens with zero attached hydrogens (tertiary/aromatic N) is 3. The summed E-state index contributed by atoms with van der Waals surface area (Å²) in [5.41, 5.74) is 2.10. The minimum absolute atomic E-state index is 0.0461. The van der Waals surface area contributed by atoms with Gasteiger partial charge in [0.2, 0.25) is 5.82 Å². The molecule has 0 saturated heterocycles. The van der Waals surface area contributed by atoms with E-state index in [1.807, 2.05) is 48.5 Å². The second kappa shape index (κ2) is 9.17. The maximum absolute atomic E-state index is 12.5. The zero-order chi connectivity index (χ0) is 22.5. The molecule has 2 heterocycles. The Morgan fingerprint density at radius 3 is 2.88 bits per heavy atom. The summed E-state index contributed by atoms with van der Waals surface area (Å²) in [5.74, 6) is 0.394. The highest BCUT2D eigenvalue weighted by Gasteiger charge is 2.20. The number of hydrogen-bond acceptors (Lipinski definition) is 6. The van der Waals surface area contributed by atoms with E-state index < -0.39 is 10.9 Å². The van der Waals surface area contributed by atoms with Gasteiger partial charge in [0.1, 0.15) is 25.1 Å².